The molecule has 3 aromatic rings. The van der Waals surface area contributed by atoms with Crippen LogP contribution >= 0.6 is 8.60 Å². The molecule has 2 bridgehead atoms. The third kappa shape index (κ3) is 16.1. The molecule has 0 saturated heterocycles. The second-order valence-electron chi connectivity index (χ2n) is 27.9. The van der Waals surface area contributed by atoms with Gasteiger partial charge in [0.25, 0.3) is 0 Å². The Morgan fingerprint density at radius 3 is 1.15 bits per heavy atom. The van der Waals surface area contributed by atoms with Crippen molar-refractivity contribution < 1.29 is 23.8 Å². The number of hydrogen-bond acceptors (Lipinski definition) is 5. The van der Waals surface area contributed by atoms with Gasteiger partial charge in [-0.25, -0.2) is 0 Å². The van der Waals surface area contributed by atoms with Crippen molar-refractivity contribution in [1.29, 1.82) is 0 Å². The van der Waals surface area contributed by atoms with E-state index in [1.165, 1.54) is 134 Å². The summed E-state index contributed by atoms with van der Waals surface area (Å²) in [6, 6.07) is 9.81. The van der Waals surface area contributed by atoms with Gasteiger partial charge in [0.05, 0.1) is 6.61 Å². The molecule has 0 fully saturated rings. The van der Waals surface area contributed by atoms with Gasteiger partial charge in [-0.3, -0.25) is 4.79 Å². The maximum Gasteiger partial charge on any atom is 0.391 e. The molecule has 0 aromatic heterocycles. The second kappa shape index (κ2) is 24.7. The summed E-state index contributed by atoms with van der Waals surface area (Å²) in [5.74, 6) is 0.365. The molecule has 0 radical (unpaired) electrons. The molecule has 2 N–H and O–H groups in total. The summed E-state index contributed by atoms with van der Waals surface area (Å²) in [5.41, 5.74) is 13.2. The van der Waals surface area contributed by atoms with Gasteiger partial charge in [0.1, 0.15) is 5.75 Å². The van der Waals surface area contributed by atoms with Crippen molar-refractivity contribution in [1.82, 2.24) is 0 Å². The quantitative estimate of drug-likeness (QED) is 0.0596. The SMILES string of the molecule is CCCCCCCCCCCCCCCCCCOC(=O)CCc1c2c(C(C)(C)C)c(OP(O)O)c(C(C)(C)C)c1-c1c(cc(C(C)(C)C)cc1C(C)(C)C)C(C)c1cc(C(C)(C)C)cc(C(C)(C)C)c1-2. The van der Waals surface area contributed by atoms with Gasteiger partial charge in [0.2, 0.25) is 0 Å². The number of hydrogen-bond donors (Lipinski definition) is 2. The third-order valence-corrected chi connectivity index (χ3v) is 15.5. The largest absolute Gasteiger partial charge is 0.466 e. The van der Waals surface area contributed by atoms with E-state index in [9.17, 15) is 14.6 Å². The number of carbonyl (C=O) groups is 1. The zero-order valence-electron chi connectivity index (χ0n) is 49.4. The topological polar surface area (TPSA) is 76.0 Å². The minimum atomic E-state index is -2.79. The van der Waals surface area contributed by atoms with Crippen LogP contribution in [0.1, 0.15) is 304 Å². The molecule has 6 heteroatoms. The normalized spacial score (nSPS) is 13.8. The molecule has 0 spiro atoms. The average Bonchev–Trinajstić information content (AvgIpc) is 3.22. The first kappa shape index (κ1) is 60.8. The van der Waals surface area contributed by atoms with Gasteiger partial charge in [-0.15, -0.1) is 0 Å². The second-order valence-corrected chi connectivity index (χ2v) is 28.6. The highest BCUT2D eigenvalue weighted by molar-refractivity contribution is 7.39. The van der Waals surface area contributed by atoms with Crippen LogP contribution in [0.5, 0.6) is 5.75 Å². The lowest BCUT2D eigenvalue weighted by atomic mass is 9.62. The van der Waals surface area contributed by atoms with Crippen LogP contribution in [-0.4, -0.2) is 22.4 Å². The molecule has 0 amide bonds. The van der Waals surface area contributed by atoms with Crippen molar-refractivity contribution in [2.24, 2.45) is 0 Å². The Morgan fingerprint density at radius 1 is 0.493 bits per heavy atom. The number of rotatable bonds is 22. The zero-order chi connectivity index (χ0) is 53.5. The predicted octanol–water partition coefficient (Wildman–Crippen LogP) is 19.6. The summed E-state index contributed by atoms with van der Waals surface area (Å²) >= 11 is 0. The van der Waals surface area contributed by atoms with E-state index in [2.05, 4.69) is 163 Å². The van der Waals surface area contributed by atoms with E-state index >= 15 is 0 Å². The van der Waals surface area contributed by atoms with Crippen LogP contribution < -0.4 is 4.52 Å². The fourth-order valence-electron chi connectivity index (χ4n) is 11.1. The predicted molar refractivity (Wildman–Crippen MR) is 308 cm³/mol. The lowest BCUT2D eigenvalue weighted by Crippen LogP contribution is -2.28. The maximum absolute atomic E-state index is 14.2. The summed E-state index contributed by atoms with van der Waals surface area (Å²) in [6.07, 6.45) is 21.6. The number of esters is 1. The van der Waals surface area contributed by atoms with Gasteiger partial charge in [-0.2, -0.15) is 0 Å². The number of unbranched alkanes of at least 4 members (excludes halogenated alkanes) is 15. The van der Waals surface area contributed by atoms with E-state index in [0.29, 0.717) is 18.8 Å². The van der Waals surface area contributed by atoms with E-state index in [4.69, 9.17) is 9.26 Å². The van der Waals surface area contributed by atoms with Crippen LogP contribution in [0.15, 0.2) is 24.3 Å². The molecular formula is C65H105O5P. The summed E-state index contributed by atoms with van der Waals surface area (Å²) in [4.78, 5) is 36.4. The highest BCUT2D eigenvalue weighted by Crippen LogP contribution is 2.60. The molecule has 1 aliphatic carbocycles. The van der Waals surface area contributed by atoms with Crippen molar-refractivity contribution in [3.63, 3.8) is 0 Å². The standard InChI is InChI=1S/C65H105O5P/c1-21-22-23-24-25-26-27-28-29-30-31-32-33-34-35-36-39-69-52(66)38-37-47-55-53-48(40-45(60(3,4)5)42-50(53)62(9,10)11)44(2)49-41-46(61(6,7)8)43-51(63(12,13)14)54(49)56(47)58(65(18,19)20)59(70-71(67)68)57(55)64(15,16)17/h40-44,67-68H,21-39H2,1-20H3. The zero-order valence-corrected chi connectivity index (χ0v) is 50.3. The first-order valence-electron chi connectivity index (χ1n) is 28.4. The summed E-state index contributed by atoms with van der Waals surface area (Å²) in [7, 11) is -2.79. The molecular weight excluding hydrogens is 892 g/mol. The van der Waals surface area contributed by atoms with Crippen molar-refractivity contribution in [2.75, 3.05) is 6.61 Å². The molecule has 5 nitrogen and oxygen atoms in total. The lowest BCUT2D eigenvalue weighted by Gasteiger charge is -2.42. The molecule has 1 aliphatic rings. The van der Waals surface area contributed by atoms with Gasteiger partial charge >= 0.3 is 14.6 Å². The van der Waals surface area contributed by atoms with Gasteiger partial charge < -0.3 is 19.0 Å². The molecule has 71 heavy (non-hydrogen) atoms. The van der Waals surface area contributed by atoms with E-state index in [0.717, 1.165) is 40.7 Å². The molecule has 3 aromatic carbocycles. The van der Waals surface area contributed by atoms with E-state index in [1.54, 1.807) is 0 Å². The Labute approximate surface area is 437 Å². The van der Waals surface area contributed by atoms with E-state index < -0.39 is 19.4 Å². The molecule has 0 heterocycles. The monoisotopic (exact) mass is 997 g/mol. The van der Waals surface area contributed by atoms with Crippen molar-refractivity contribution in [3.8, 4) is 28.0 Å². The number of fused-ring (bicyclic) bond motifs is 6. The van der Waals surface area contributed by atoms with Gasteiger partial charge in [0.15, 0.2) is 0 Å². The molecule has 0 aliphatic heterocycles. The van der Waals surface area contributed by atoms with Crippen molar-refractivity contribution in [2.45, 2.75) is 292 Å². The van der Waals surface area contributed by atoms with Gasteiger partial charge in [-0.1, -0.05) is 259 Å². The van der Waals surface area contributed by atoms with E-state index in [1.807, 2.05) is 0 Å². The Hall–Kier alpha value is -2.72. The van der Waals surface area contributed by atoms with Gasteiger partial charge in [-0.05, 0) is 107 Å². The lowest BCUT2D eigenvalue weighted by molar-refractivity contribution is -0.143. The third-order valence-electron chi connectivity index (χ3n) is 15.2. The summed E-state index contributed by atoms with van der Waals surface area (Å²) < 4.78 is 12.7. The van der Waals surface area contributed by atoms with Crippen molar-refractivity contribution >= 4 is 14.6 Å². The highest BCUT2D eigenvalue weighted by atomic mass is 31.2. The van der Waals surface area contributed by atoms with Crippen LogP contribution in [0.4, 0.5) is 0 Å². The van der Waals surface area contributed by atoms with Crippen molar-refractivity contribution in [3.05, 3.63) is 74.3 Å². The Kier molecular flexibility index (Phi) is 21.2. The first-order chi connectivity index (χ1) is 32.7. The highest BCUT2D eigenvalue weighted by Gasteiger charge is 2.43. The average molecular weight is 998 g/mol. The van der Waals surface area contributed by atoms with Crippen LogP contribution in [0.2, 0.25) is 0 Å². The van der Waals surface area contributed by atoms with E-state index in [-0.39, 0.29) is 40.0 Å². The summed E-state index contributed by atoms with van der Waals surface area (Å²) in [6.45, 7) is 46.2. The Balaban J connectivity index is 1.89. The molecule has 400 valence electrons. The van der Waals surface area contributed by atoms with Crippen LogP contribution in [0.3, 0.4) is 0 Å². The fraction of sp³-hybridized carbons (Fsp3) is 0.708. The first-order valence-corrected chi connectivity index (χ1v) is 29.5. The van der Waals surface area contributed by atoms with Gasteiger partial charge in [0, 0.05) is 23.5 Å². The van der Waals surface area contributed by atoms with Crippen LogP contribution in [0.25, 0.3) is 22.3 Å². The molecule has 0 unspecified atom stereocenters. The minimum Gasteiger partial charge on any atom is -0.466 e. The number of benzene rings is 3. The van der Waals surface area contributed by atoms with Crippen LogP contribution in [0, 0.1) is 0 Å². The Morgan fingerprint density at radius 2 is 0.845 bits per heavy atom. The minimum absolute atomic E-state index is 0.0132. The smallest absolute Gasteiger partial charge is 0.391 e. The van der Waals surface area contributed by atoms with Crippen LogP contribution in [-0.2, 0) is 48.4 Å². The molecule has 4 rings (SSSR count). The fourth-order valence-corrected chi connectivity index (χ4v) is 11.5. The maximum atomic E-state index is 14.2. The summed E-state index contributed by atoms with van der Waals surface area (Å²) in [5, 5.41) is 0. The number of carbonyl (C=O) groups excluding carboxylic acids is 1. The number of ether oxygens (including phenoxy) is 1. The molecule has 0 saturated carbocycles. The molecule has 0 atom stereocenters. The Bertz CT molecular complexity index is 2100.